The van der Waals surface area contributed by atoms with Crippen LogP contribution in [0, 0.1) is 5.82 Å². The molecule has 1 fully saturated rings. The lowest BCUT2D eigenvalue weighted by Crippen LogP contribution is -2.41. The zero-order chi connectivity index (χ0) is 19.6. The third-order valence-corrected chi connectivity index (χ3v) is 4.64. The topological polar surface area (TPSA) is 78.5 Å². The Morgan fingerprint density at radius 2 is 1.78 bits per heavy atom. The highest BCUT2D eigenvalue weighted by atomic mass is 35.5. The fourth-order valence-electron chi connectivity index (χ4n) is 2.85. The Morgan fingerprint density at radius 1 is 1.15 bits per heavy atom. The van der Waals surface area contributed by atoms with Crippen molar-refractivity contribution >= 4 is 35.1 Å². The number of carbonyl (C=O) groups is 3. The van der Waals surface area contributed by atoms with E-state index in [4.69, 9.17) is 11.6 Å². The van der Waals surface area contributed by atoms with E-state index in [-0.39, 0.29) is 18.9 Å². The van der Waals surface area contributed by atoms with E-state index in [0.29, 0.717) is 16.3 Å². The minimum Gasteiger partial charge on any atom is -0.326 e. The molecule has 1 heterocycles. The van der Waals surface area contributed by atoms with E-state index in [1.165, 1.54) is 24.3 Å². The number of rotatable bonds is 5. The average Bonchev–Trinajstić information content (AvgIpc) is 2.85. The first-order valence-corrected chi connectivity index (χ1v) is 8.63. The number of nitrogens with zero attached hydrogens (tertiary/aromatic N) is 1. The van der Waals surface area contributed by atoms with Crippen LogP contribution in [0.2, 0.25) is 5.02 Å². The molecule has 6 nitrogen and oxygen atoms in total. The third-order valence-electron chi connectivity index (χ3n) is 4.39. The molecule has 2 N–H and O–H groups in total. The highest BCUT2D eigenvalue weighted by molar-refractivity contribution is 6.30. The lowest BCUT2D eigenvalue weighted by molar-refractivity contribution is -0.131. The van der Waals surface area contributed by atoms with Gasteiger partial charge in [0.1, 0.15) is 11.4 Å². The monoisotopic (exact) mass is 389 g/mol. The maximum absolute atomic E-state index is 12.9. The molecule has 0 aliphatic carbocycles. The van der Waals surface area contributed by atoms with E-state index >= 15 is 0 Å². The summed E-state index contributed by atoms with van der Waals surface area (Å²) >= 11 is 5.87. The third kappa shape index (κ3) is 3.93. The van der Waals surface area contributed by atoms with Crippen LogP contribution in [0.4, 0.5) is 14.9 Å². The minimum atomic E-state index is -1.21. The summed E-state index contributed by atoms with van der Waals surface area (Å²) in [5.41, 5.74) is -0.178. The largest absolute Gasteiger partial charge is 0.326 e. The first-order valence-electron chi connectivity index (χ1n) is 8.25. The SMILES string of the molecule is C[C@@]1(c2ccc(Cl)cc2)NC(=O)N(CCC(=O)Nc2ccc(F)cc2)C1=O. The molecule has 1 saturated heterocycles. The Kier molecular flexibility index (Phi) is 5.14. The number of hydrogen-bond donors (Lipinski definition) is 2. The maximum atomic E-state index is 12.9. The van der Waals surface area contributed by atoms with Gasteiger partial charge in [0, 0.05) is 23.7 Å². The van der Waals surface area contributed by atoms with Gasteiger partial charge in [0.2, 0.25) is 5.91 Å². The van der Waals surface area contributed by atoms with E-state index in [1.54, 1.807) is 31.2 Å². The van der Waals surface area contributed by atoms with Crippen molar-refractivity contribution in [2.45, 2.75) is 18.9 Å². The molecule has 0 radical (unpaired) electrons. The van der Waals surface area contributed by atoms with Gasteiger partial charge in [-0.05, 0) is 48.9 Å². The van der Waals surface area contributed by atoms with Crippen molar-refractivity contribution in [1.29, 1.82) is 0 Å². The molecule has 0 aromatic heterocycles. The van der Waals surface area contributed by atoms with Crippen LogP contribution >= 0.6 is 11.6 Å². The number of urea groups is 1. The quantitative estimate of drug-likeness (QED) is 0.770. The normalized spacial score (nSPS) is 19.1. The number of amides is 4. The van der Waals surface area contributed by atoms with Crippen molar-refractivity contribution in [2.24, 2.45) is 0 Å². The Balaban J connectivity index is 1.64. The second-order valence-electron chi connectivity index (χ2n) is 6.32. The standard InChI is InChI=1S/C19H17ClFN3O3/c1-19(12-2-4-13(20)5-3-12)17(26)24(18(27)23-19)11-10-16(25)22-15-8-6-14(21)7-9-15/h2-9H,10-11H2,1H3,(H,22,25)(H,23,27)/t19-/m0/s1. The number of benzene rings is 2. The highest BCUT2D eigenvalue weighted by Crippen LogP contribution is 2.29. The molecule has 1 atom stereocenters. The molecule has 2 aromatic rings. The summed E-state index contributed by atoms with van der Waals surface area (Å²) in [5, 5.41) is 5.78. The molecule has 4 amide bonds. The van der Waals surface area contributed by atoms with Crippen molar-refractivity contribution in [3.05, 3.63) is 64.9 Å². The van der Waals surface area contributed by atoms with Crippen molar-refractivity contribution < 1.29 is 18.8 Å². The van der Waals surface area contributed by atoms with E-state index in [0.717, 1.165) is 4.90 Å². The van der Waals surface area contributed by atoms with Gasteiger partial charge in [-0.15, -0.1) is 0 Å². The zero-order valence-corrected chi connectivity index (χ0v) is 15.2. The average molecular weight is 390 g/mol. The minimum absolute atomic E-state index is 0.0686. The van der Waals surface area contributed by atoms with Gasteiger partial charge in [0.25, 0.3) is 5.91 Å². The van der Waals surface area contributed by atoms with Crippen molar-refractivity contribution in [1.82, 2.24) is 10.2 Å². The second-order valence-corrected chi connectivity index (χ2v) is 6.76. The molecule has 1 aliphatic heterocycles. The lowest BCUT2D eigenvalue weighted by atomic mass is 9.92. The number of halogens is 2. The van der Waals surface area contributed by atoms with Gasteiger partial charge in [-0.25, -0.2) is 9.18 Å². The van der Waals surface area contributed by atoms with E-state index < -0.39 is 23.3 Å². The molecular weight excluding hydrogens is 373 g/mol. The molecule has 0 bridgehead atoms. The van der Waals surface area contributed by atoms with Crippen LogP contribution < -0.4 is 10.6 Å². The summed E-state index contributed by atoms with van der Waals surface area (Å²) in [6.07, 6.45) is -0.0762. The predicted octanol–water partition coefficient (Wildman–Crippen LogP) is 3.27. The summed E-state index contributed by atoms with van der Waals surface area (Å²) in [6.45, 7) is 1.54. The second kappa shape index (κ2) is 7.36. The molecule has 1 aliphatic rings. The van der Waals surface area contributed by atoms with Gasteiger partial charge in [-0.2, -0.15) is 0 Å². The molecule has 2 aromatic carbocycles. The highest BCUT2D eigenvalue weighted by Gasteiger charge is 2.48. The maximum Gasteiger partial charge on any atom is 0.325 e. The van der Waals surface area contributed by atoms with Crippen LogP contribution in [0.5, 0.6) is 0 Å². The van der Waals surface area contributed by atoms with Gasteiger partial charge in [-0.1, -0.05) is 23.7 Å². The van der Waals surface area contributed by atoms with Crippen LogP contribution in [-0.2, 0) is 15.1 Å². The zero-order valence-electron chi connectivity index (χ0n) is 14.5. The van der Waals surface area contributed by atoms with Gasteiger partial charge in [0.15, 0.2) is 0 Å². The first kappa shape index (κ1) is 18.8. The van der Waals surface area contributed by atoms with Crippen molar-refractivity contribution in [2.75, 3.05) is 11.9 Å². The number of hydrogen-bond acceptors (Lipinski definition) is 3. The summed E-state index contributed by atoms with van der Waals surface area (Å²) in [6, 6.07) is 11.4. The summed E-state index contributed by atoms with van der Waals surface area (Å²) in [4.78, 5) is 38.1. The number of nitrogens with one attached hydrogen (secondary N) is 2. The van der Waals surface area contributed by atoms with E-state index in [2.05, 4.69) is 10.6 Å². The van der Waals surface area contributed by atoms with Crippen molar-refractivity contribution in [3.8, 4) is 0 Å². The molecular formula is C19H17ClFN3O3. The molecule has 0 unspecified atom stereocenters. The molecule has 0 spiro atoms. The fourth-order valence-corrected chi connectivity index (χ4v) is 2.97. The molecule has 3 rings (SSSR count). The summed E-state index contributed by atoms with van der Waals surface area (Å²) in [7, 11) is 0. The lowest BCUT2D eigenvalue weighted by Gasteiger charge is -2.22. The smallest absolute Gasteiger partial charge is 0.325 e. The van der Waals surface area contributed by atoms with Crippen LogP contribution in [-0.4, -0.2) is 29.3 Å². The van der Waals surface area contributed by atoms with Crippen LogP contribution in [0.15, 0.2) is 48.5 Å². The Labute approximate surface area is 160 Å². The van der Waals surface area contributed by atoms with Gasteiger partial charge >= 0.3 is 6.03 Å². The van der Waals surface area contributed by atoms with E-state index in [9.17, 15) is 18.8 Å². The number of anilines is 1. The van der Waals surface area contributed by atoms with Gasteiger partial charge in [-0.3, -0.25) is 14.5 Å². The Morgan fingerprint density at radius 3 is 2.41 bits per heavy atom. The van der Waals surface area contributed by atoms with Gasteiger partial charge < -0.3 is 10.6 Å². The number of imide groups is 1. The Bertz CT molecular complexity index is 886. The first-order chi connectivity index (χ1) is 12.8. The number of carbonyl (C=O) groups excluding carboxylic acids is 3. The Hall–Kier alpha value is -2.93. The fraction of sp³-hybridized carbons (Fsp3) is 0.211. The summed E-state index contributed by atoms with van der Waals surface area (Å²) < 4.78 is 12.9. The van der Waals surface area contributed by atoms with E-state index in [1.807, 2.05) is 0 Å². The molecule has 27 heavy (non-hydrogen) atoms. The van der Waals surface area contributed by atoms with Gasteiger partial charge in [0.05, 0.1) is 0 Å². The predicted molar refractivity (Wildman–Crippen MR) is 98.7 cm³/mol. The molecule has 140 valence electrons. The van der Waals surface area contributed by atoms with Crippen LogP contribution in [0.25, 0.3) is 0 Å². The van der Waals surface area contributed by atoms with Crippen LogP contribution in [0.3, 0.4) is 0 Å². The molecule has 0 saturated carbocycles. The van der Waals surface area contributed by atoms with Crippen molar-refractivity contribution in [3.63, 3.8) is 0 Å². The van der Waals surface area contributed by atoms with Crippen LogP contribution in [0.1, 0.15) is 18.9 Å². The molecule has 8 heteroatoms. The summed E-state index contributed by atoms with van der Waals surface area (Å²) in [5.74, 6) is -1.24.